The van der Waals surface area contributed by atoms with Crippen LogP contribution in [0.3, 0.4) is 0 Å². The molecule has 1 N–H and O–H groups in total. The summed E-state index contributed by atoms with van der Waals surface area (Å²) in [4.78, 5) is 13.2. The maximum Gasteiger partial charge on any atom is 0.251 e. The van der Waals surface area contributed by atoms with E-state index in [0.717, 1.165) is 6.42 Å². The predicted octanol–water partition coefficient (Wildman–Crippen LogP) is 3.11. The van der Waals surface area contributed by atoms with Crippen molar-refractivity contribution < 1.29 is 4.79 Å². The van der Waals surface area contributed by atoms with Crippen LogP contribution >= 0.6 is 11.3 Å². The number of nitrogens with one attached hydrogen (secondary N) is 1. The summed E-state index contributed by atoms with van der Waals surface area (Å²) < 4.78 is 0. The second kappa shape index (κ2) is 5.64. The number of thiophene rings is 1. The first-order valence-corrected chi connectivity index (χ1v) is 6.52. The monoisotopic (exact) mass is 245 g/mol. The third kappa shape index (κ3) is 3.43. The van der Waals surface area contributed by atoms with Gasteiger partial charge in [-0.1, -0.05) is 24.3 Å². The molecule has 2 rings (SSSR count). The summed E-state index contributed by atoms with van der Waals surface area (Å²) in [6, 6.07) is 13.6. The van der Waals surface area contributed by atoms with Gasteiger partial charge in [-0.3, -0.25) is 4.79 Å². The van der Waals surface area contributed by atoms with Crippen molar-refractivity contribution in [3.63, 3.8) is 0 Å². The Morgan fingerprint density at radius 1 is 1.24 bits per heavy atom. The van der Waals surface area contributed by atoms with Crippen molar-refractivity contribution in [1.82, 2.24) is 5.32 Å². The molecule has 1 atom stereocenters. The Kier molecular flexibility index (Phi) is 3.94. The summed E-state index contributed by atoms with van der Waals surface area (Å²) >= 11 is 1.72. The van der Waals surface area contributed by atoms with Crippen molar-refractivity contribution in [3.8, 4) is 0 Å². The molecule has 17 heavy (non-hydrogen) atoms. The van der Waals surface area contributed by atoms with Gasteiger partial charge < -0.3 is 5.32 Å². The first-order chi connectivity index (χ1) is 8.25. The molecular weight excluding hydrogens is 230 g/mol. The van der Waals surface area contributed by atoms with Crippen LogP contribution in [0.2, 0.25) is 0 Å². The average Bonchev–Trinajstić information content (AvgIpc) is 2.82. The van der Waals surface area contributed by atoms with Gasteiger partial charge >= 0.3 is 0 Å². The zero-order valence-corrected chi connectivity index (χ0v) is 10.5. The Hall–Kier alpha value is -1.61. The molecular formula is C14H15NOS. The van der Waals surface area contributed by atoms with Gasteiger partial charge in [-0.05, 0) is 30.5 Å². The maximum absolute atomic E-state index is 11.9. The van der Waals surface area contributed by atoms with Crippen LogP contribution in [-0.4, -0.2) is 11.9 Å². The lowest BCUT2D eigenvalue weighted by Gasteiger charge is -2.12. The van der Waals surface area contributed by atoms with E-state index in [-0.39, 0.29) is 11.9 Å². The van der Waals surface area contributed by atoms with Crippen molar-refractivity contribution in [2.45, 2.75) is 19.4 Å². The molecule has 0 aliphatic carbocycles. The van der Waals surface area contributed by atoms with Crippen molar-refractivity contribution in [1.29, 1.82) is 0 Å². The number of rotatable bonds is 4. The molecule has 88 valence electrons. The number of hydrogen-bond donors (Lipinski definition) is 1. The van der Waals surface area contributed by atoms with E-state index >= 15 is 0 Å². The van der Waals surface area contributed by atoms with E-state index in [1.807, 2.05) is 43.3 Å². The fourth-order valence-corrected chi connectivity index (χ4v) is 2.51. The summed E-state index contributed by atoms with van der Waals surface area (Å²) in [5.41, 5.74) is 0.713. The SMILES string of the molecule is C[C@@H](Cc1cccs1)NC(=O)c1ccccc1. The Balaban J connectivity index is 1.91. The molecule has 0 fully saturated rings. The summed E-state index contributed by atoms with van der Waals surface area (Å²) in [6.45, 7) is 2.03. The Morgan fingerprint density at radius 2 is 2.00 bits per heavy atom. The number of hydrogen-bond acceptors (Lipinski definition) is 2. The second-order valence-electron chi connectivity index (χ2n) is 4.02. The number of carbonyl (C=O) groups is 1. The van der Waals surface area contributed by atoms with Crippen LogP contribution in [0.1, 0.15) is 22.2 Å². The lowest BCUT2D eigenvalue weighted by molar-refractivity contribution is 0.0940. The minimum Gasteiger partial charge on any atom is -0.349 e. The van der Waals surface area contributed by atoms with Gasteiger partial charge in [-0.15, -0.1) is 11.3 Å². The van der Waals surface area contributed by atoms with E-state index in [2.05, 4.69) is 16.8 Å². The molecule has 0 spiro atoms. The molecule has 0 aliphatic heterocycles. The molecule has 0 bridgehead atoms. The van der Waals surface area contributed by atoms with Crippen LogP contribution in [0.25, 0.3) is 0 Å². The zero-order valence-electron chi connectivity index (χ0n) is 9.72. The fraction of sp³-hybridized carbons (Fsp3) is 0.214. The van der Waals surface area contributed by atoms with Crippen LogP contribution in [0.4, 0.5) is 0 Å². The van der Waals surface area contributed by atoms with Crippen LogP contribution in [0, 0.1) is 0 Å². The minimum absolute atomic E-state index is 0.00495. The van der Waals surface area contributed by atoms with Crippen LogP contribution in [0.15, 0.2) is 47.8 Å². The Labute approximate surface area is 105 Å². The molecule has 1 amide bonds. The highest BCUT2D eigenvalue weighted by Gasteiger charge is 2.09. The van der Waals surface area contributed by atoms with E-state index in [0.29, 0.717) is 5.56 Å². The topological polar surface area (TPSA) is 29.1 Å². The molecule has 1 aromatic heterocycles. The van der Waals surface area contributed by atoms with E-state index in [9.17, 15) is 4.79 Å². The molecule has 2 aromatic rings. The summed E-state index contributed by atoms with van der Waals surface area (Å²) in [7, 11) is 0. The lowest BCUT2D eigenvalue weighted by atomic mass is 10.1. The first kappa shape index (κ1) is 11.9. The second-order valence-corrected chi connectivity index (χ2v) is 5.06. The average molecular weight is 245 g/mol. The van der Waals surface area contributed by atoms with Crippen LogP contribution in [0.5, 0.6) is 0 Å². The van der Waals surface area contributed by atoms with Crippen molar-refractivity contribution in [2.75, 3.05) is 0 Å². The molecule has 3 heteroatoms. The molecule has 0 aliphatic rings. The van der Waals surface area contributed by atoms with Gasteiger partial charge in [0.05, 0.1) is 0 Å². The third-order valence-corrected chi connectivity index (χ3v) is 3.40. The first-order valence-electron chi connectivity index (χ1n) is 5.64. The predicted molar refractivity (Wildman–Crippen MR) is 71.4 cm³/mol. The standard InChI is InChI=1S/C14H15NOS/c1-11(10-13-8-5-9-17-13)15-14(16)12-6-3-2-4-7-12/h2-9,11H,10H2,1H3,(H,15,16)/t11-/m0/s1. The van der Waals surface area contributed by atoms with Gasteiger partial charge in [0.15, 0.2) is 0 Å². The molecule has 1 aromatic carbocycles. The Morgan fingerprint density at radius 3 is 2.65 bits per heavy atom. The van der Waals surface area contributed by atoms with Gasteiger partial charge in [-0.2, -0.15) is 0 Å². The molecule has 0 saturated heterocycles. The number of carbonyl (C=O) groups excluding carboxylic acids is 1. The molecule has 0 unspecified atom stereocenters. The largest absolute Gasteiger partial charge is 0.349 e. The van der Waals surface area contributed by atoms with Gasteiger partial charge in [0.25, 0.3) is 5.91 Å². The Bertz CT molecular complexity index is 464. The maximum atomic E-state index is 11.9. The van der Waals surface area contributed by atoms with E-state index in [4.69, 9.17) is 0 Å². The van der Waals surface area contributed by atoms with E-state index in [1.165, 1.54) is 4.88 Å². The quantitative estimate of drug-likeness (QED) is 0.881. The van der Waals surface area contributed by atoms with Crippen molar-refractivity contribution in [3.05, 3.63) is 58.3 Å². The highest BCUT2D eigenvalue weighted by Crippen LogP contribution is 2.11. The lowest BCUT2D eigenvalue weighted by Crippen LogP contribution is -2.33. The minimum atomic E-state index is -0.00495. The van der Waals surface area contributed by atoms with Gasteiger partial charge in [0.1, 0.15) is 0 Å². The normalized spacial score (nSPS) is 12.1. The van der Waals surface area contributed by atoms with Crippen LogP contribution < -0.4 is 5.32 Å². The number of benzene rings is 1. The molecule has 2 nitrogen and oxygen atoms in total. The van der Waals surface area contributed by atoms with E-state index < -0.39 is 0 Å². The van der Waals surface area contributed by atoms with Crippen molar-refractivity contribution in [2.24, 2.45) is 0 Å². The highest BCUT2D eigenvalue weighted by atomic mass is 32.1. The third-order valence-electron chi connectivity index (χ3n) is 2.50. The summed E-state index contributed by atoms with van der Waals surface area (Å²) in [6.07, 6.45) is 0.885. The summed E-state index contributed by atoms with van der Waals surface area (Å²) in [5.74, 6) is -0.00495. The number of amides is 1. The van der Waals surface area contributed by atoms with E-state index in [1.54, 1.807) is 11.3 Å². The smallest absolute Gasteiger partial charge is 0.251 e. The van der Waals surface area contributed by atoms with Gasteiger partial charge in [0, 0.05) is 22.9 Å². The molecule has 0 saturated carbocycles. The zero-order chi connectivity index (χ0) is 12.1. The van der Waals surface area contributed by atoms with Gasteiger partial charge in [-0.25, -0.2) is 0 Å². The highest BCUT2D eigenvalue weighted by molar-refractivity contribution is 7.09. The fourth-order valence-electron chi connectivity index (χ4n) is 1.68. The van der Waals surface area contributed by atoms with Crippen molar-refractivity contribution >= 4 is 17.2 Å². The molecule has 0 radical (unpaired) electrons. The van der Waals surface area contributed by atoms with Gasteiger partial charge in [0.2, 0.25) is 0 Å². The summed E-state index contributed by atoms with van der Waals surface area (Å²) in [5, 5.41) is 5.06. The molecule has 1 heterocycles. The van der Waals surface area contributed by atoms with Crippen LogP contribution in [-0.2, 0) is 6.42 Å².